The van der Waals surface area contributed by atoms with Crippen molar-refractivity contribution in [2.45, 2.75) is 45.8 Å². The van der Waals surface area contributed by atoms with Gasteiger partial charge in [-0.15, -0.1) is 0 Å². The van der Waals surface area contributed by atoms with E-state index in [0.29, 0.717) is 24.0 Å². The summed E-state index contributed by atoms with van der Waals surface area (Å²) in [6, 6.07) is 3.91. The molecule has 0 aromatic carbocycles. The fraction of sp³-hybridized carbons (Fsp3) is 0.500. The number of aliphatic hydroxyl groups excluding tert-OH is 1. The summed E-state index contributed by atoms with van der Waals surface area (Å²) >= 11 is 6.22. The molecule has 2 aliphatic heterocycles. The zero-order valence-electron chi connectivity index (χ0n) is 20.5. The van der Waals surface area contributed by atoms with Crippen molar-refractivity contribution in [1.29, 1.82) is 0 Å². The van der Waals surface area contributed by atoms with Gasteiger partial charge in [-0.05, 0) is 44.2 Å². The minimum atomic E-state index is -0.369. The summed E-state index contributed by atoms with van der Waals surface area (Å²) < 4.78 is 8.24. The van der Waals surface area contributed by atoms with Crippen molar-refractivity contribution >= 4 is 29.4 Å². The molecule has 10 heteroatoms. The van der Waals surface area contributed by atoms with Crippen LogP contribution >= 0.6 is 11.6 Å². The molecule has 1 aliphatic carbocycles. The molecule has 36 heavy (non-hydrogen) atoms. The van der Waals surface area contributed by atoms with E-state index in [4.69, 9.17) is 26.5 Å². The Labute approximate surface area is 214 Å². The summed E-state index contributed by atoms with van der Waals surface area (Å²) in [7, 11) is 0. The van der Waals surface area contributed by atoms with Crippen LogP contribution < -0.4 is 4.74 Å². The Bertz CT molecular complexity index is 1250. The summed E-state index contributed by atoms with van der Waals surface area (Å²) in [6.07, 6.45) is 5.74. The maximum Gasteiger partial charge on any atom is 0.214 e. The van der Waals surface area contributed by atoms with E-state index in [9.17, 15) is 9.59 Å². The molecule has 4 heterocycles. The van der Waals surface area contributed by atoms with Crippen LogP contribution in [0.5, 0.6) is 5.88 Å². The number of aromatic nitrogens is 3. The van der Waals surface area contributed by atoms with Crippen molar-refractivity contribution in [1.82, 2.24) is 19.7 Å². The van der Waals surface area contributed by atoms with Crippen molar-refractivity contribution in [2.24, 2.45) is 16.8 Å². The zero-order chi connectivity index (χ0) is 25.4. The summed E-state index contributed by atoms with van der Waals surface area (Å²) in [5.41, 5.74) is 4.72. The number of nitrogens with zero attached hydrogens (tertiary/aromatic N) is 5. The molecule has 2 aromatic rings. The number of pyridine rings is 1. The molecule has 1 N–H and O–H groups in total. The Kier molecular flexibility index (Phi) is 6.94. The second-order valence-corrected chi connectivity index (χ2v) is 10.2. The smallest absolute Gasteiger partial charge is 0.214 e. The minimum absolute atomic E-state index is 0.0129. The number of Topliss-reactive ketones (excluding diaryl/α,β-unsaturated/α-hetero) is 2. The number of hydrogen-bond acceptors (Lipinski definition) is 8. The Morgan fingerprint density at radius 1 is 1.31 bits per heavy atom. The molecule has 1 saturated carbocycles. The van der Waals surface area contributed by atoms with Gasteiger partial charge in [-0.2, -0.15) is 5.10 Å². The fourth-order valence-corrected chi connectivity index (χ4v) is 5.59. The number of rotatable bonds is 8. The Morgan fingerprint density at radius 2 is 2.11 bits per heavy atom. The molecule has 0 unspecified atom stereocenters. The molecule has 1 atom stereocenters. The van der Waals surface area contributed by atoms with Gasteiger partial charge in [0.05, 0.1) is 17.9 Å². The molecular formula is C26H30ClN5O4. The van der Waals surface area contributed by atoms with Crippen LogP contribution in [0.1, 0.15) is 30.7 Å². The number of aryl methyl sites for hydroxylation is 1. The molecule has 9 nitrogen and oxygen atoms in total. The number of hydrogen-bond donors (Lipinski definition) is 1. The minimum Gasteiger partial charge on any atom is -0.472 e. The number of dihydropyridines is 1. The first-order valence-corrected chi connectivity index (χ1v) is 12.7. The lowest BCUT2D eigenvalue weighted by Gasteiger charge is -2.34. The number of aliphatic imine (C=N–C) groups is 1. The molecule has 0 amide bonds. The number of carbonyl (C=O) groups excluding carboxylic acids is 2. The van der Waals surface area contributed by atoms with E-state index < -0.39 is 0 Å². The predicted molar refractivity (Wildman–Crippen MR) is 135 cm³/mol. The summed E-state index contributed by atoms with van der Waals surface area (Å²) in [6.45, 7) is 5.89. The molecule has 3 aliphatic rings. The van der Waals surface area contributed by atoms with Gasteiger partial charge < -0.3 is 14.7 Å². The van der Waals surface area contributed by atoms with Gasteiger partial charge in [-0.25, -0.2) is 4.98 Å². The van der Waals surface area contributed by atoms with Crippen LogP contribution in [-0.2, 0) is 16.1 Å². The maximum absolute atomic E-state index is 11.9. The highest BCUT2D eigenvalue weighted by Gasteiger charge is 2.34. The van der Waals surface area contributed by atoms with E-state index in [1.807, 2.05) is 28.6 Å². The van der Waals surface area contributed by atoms with E-state index in [1.54, 1.807) is 12.4 Å². The lowest BCUT2D eigenvalue weighted by atomic mass is 9.73. The van der Waals surface area contributed by atoms with Crippen LogP contribution in [0, 0.1) is 25.7 Å². The second kappa shape index (κ2) is 10.1. The standard InChI is InChI=1S/C26H30ClN5O4/c1-15-25(16(2)32(30-15)12-17-7-19(8-17)23(35)14-33)18-3-5-29-24(9-18)36-20-4-6-31(13-20)21-10-28-11-22(34)26(21)27/h3,5,9-10,17,19-20,33H,4,6-8,11-14H2,1-2H3/t17?,19?,20-/m1/s1. The topological polar surface area (TPSA) is 110 Å². The van der Waals surface area contributed by atoms with Gasteiger partial charge in [0.25, 0.3) is 0 Å². The highest BCUT2D eigenvalue weighted by molar-refractivity contribution is 6.44. The van der Waals surface area contributed by atoms with Gasteiger partial charge >= 0.3 is 0 Å². The number of likely N-dealkylation sites (tertiary alicyclic amines) is 1. The number of carbonyl (C=O) groups is 2. The highest BCUT2D eigenvalue weighted by atomic mass is 35.5. The molecule has 2 aromatic heterocycles. The summed E-state index contributed by atoms with van der Waals surface area (Å²) in [5, 5.41) is 14.1. The third-order valence-corrected chi connectivity index (χ3v) is 7.78. The van der Waals surface area contributed by atoms with Crippen LogP contribution in [0.3, 0.4) is 0 Å². The van der Waals surface area contributed by atoms with Crippen molar-refractivity contribution < 1.29 is 19.4 Å². The molecule has 0 radical (unpaired) electrons. The van der Waals surface area contributed by atoms with Crippen LogP contribution in [0.4, 0.5) is 0 Å². The maximum atomic E-state index is 11.9. The van der Waals surface area contributed by atoms with Crippen molar-refractivity contribution in [3.05, 3.63) is 40.4 Å². The third kappa shape index (κ3) is 4.82. The van der Waals surface area contributed by atoms with Crippen molar-refractivity contribution in [3.8, 4) is 17.0 Å². The van der Waals surface area contributed by atoms with Crippen LogP contribution in [-0.4, -0.2) is 74.9 Å². The Morgan fingerprint density at radius 3 is 2.89 bits per heavy atom. The van der Waals surface area contributed by atoms with Crippen molar-refractivity contribution in [2.75, 3.05) is 26.2 Å². The van der Waals surface area contributed by atoms with E-state index in [0.717, 1.165) is 54.9 Å². The Hall–Kier alpha value is -3.04. The number of ether oxygens (including phenoxy) is 1. The first-order chi connectivity index (χ1) is 17.3. The van der Waals surface area contributed by atoms with E-state index in [1.165, 1.54) is 0 Å². The van der Waals surface area contributed by atoms with Gasteiger partial charge in [0.1, 0.15) is 24.3 Å². The van der Waals surface area contributed by atoms with Crippen molar-refractivity contribution in [3.63, 3.8) is 0 Å². The first kappa shape index (κ1) is 24.6. The lowest BCUT2D eigenvalue weighted by molar-refractivity contribution is -0.129. The van der Waals surface area contributed by atoms with Crippen LogP contribution in [0.2, 0.25) is 0 Å². The molecular weight excluding hydrogens is 482 g/mol. The van der Waals surface area contributed by atoms with Gasteiger partial charge in [-0.3, -0.25) is 19.3 Å². The quantitative estimate of drug-likeness (QED) is 0.580. The zero-order valence-corrected chi connectivity index (χ0v) is 21.2. The second-order valence-electron chi connectivity index (χ2n) is 9.84. The fourth-order valence-electron chi connectivity index (χ4n) is 5.36. The van der Waals surface area contributed by atoms with Crippen LogP contribution in [0.25, 0.3) is 11.1 Å². The largest absolute Gasteiger partial charge is 0.472 e. The molecule has 0 spiro atoms. The molecule has 1 saturated heterocycles. The average Bonchev–Trinajstić information content (AvgIpc) is 3.40. The number of allylic oxidation sites excluding steroid dienone is 1. The molecule has 5 rings (SSSR count). The lowest BCUT2D eigenvalue weighted by Crippen LogP contribution is -2.34. The van der Waals surface area contributed by atoms with Gasteiger partial charge in [0.15, 0.2) is 11.6 Å². The average molecular weight is 512 g/mol. The number of aliphatic hydroxyl groups is 1. The SMILES string of the molecule is Cc1nn(CC2CC(C(=O)CO)C2)c(C)c1-c1ccnc(O[C@@H]2CCN(C3=C(Cl)C(=O)CN=C3)C2)c1. The molecule has 0 bridgehead atoms. The van der Waals surface area contributed by atoms with E-state index in [2.05, 4.69) is 16.9 Å². The predicted octanol–water partition coefficient (Wildman–Crippen LogP) is 2.71. The van der Waals surface area contributed by atoms with Gasteiger partial charge in [-0.1, -0.05) is 11.6 Å². The van der Waals surface area contributed by atoms with Crippen LogP contribution in [0.15, 0.2) is 34.1 Å². The van der Waals surface area contributed by atoms with Gasteiger partial charge in [0, 0.05) is 55.2 Å². The monoisotopic (exact) mass is 511 g/mol. The van der Waals surface area contributed by atoms with Gasteiger partial charge in [0.2, 0.25) is 5.88 Å². The summed E-state index contributed by atoms with van der Waals surface area (Å²) in [4.78, 5) is 34.1. The normalized spacial score (nSPS) is 23.8. The first-order valence-electron chi connectivity index (χ1n) is 12.3. The third-order valence-electron chi connectivity index (χ3n) is 7.37. The molecule has 190 valence electrons. The van der Waals surface area contributed by atoms with E-state index in [-0.39, 0.29) is 41.8 Å². The molecule has 2 fully saturated rings. The number of ketones is 2. The Balaban J connectivity index is 1.25. The summed E-state index contributed by atoms with van der Waals surface area (Å²) in [5.74, 6) is 0.709. The number of halogens is 1. The van der Waals surface area contributed by atoms with E-state index >= 15 is 0 Å². The highest BCUT2D eigenvalue weighted by Crippen LogP contribution is 2.37.